The van der Waals surface area contributed by atoms with Crippen molar-refractivity contribution in [2.75, 3.05) is 5.75 Å². The molecule has 0 aliphatic rings. The maximum absolute atomic E-state index is 12.0. The van der Waals surface area contributed by atoms with Crippen molar-refractivity contribution in [3.8, 4) is 0 Å². The lowest BCUT2D eigenvalue weighted by molar-refractivity contribution is -0.728. The van der Waals surface area contributed by atoms with E-state index in [-0.39, 0.29) is 11.3 Å². The molecule has 0 saturated heterocycles. The van der Waals surface area contributed by atoms with Crippen LogP contribution in [0.4, 0.5) is 0 Å². The Morgan fingerprint density at radius 1 is 1.42 bits per heavy atom. The van der Waals surface area contributed by atoms with Crippen molar-refractivity contribution in [2.45, 2.75) is 6.92 Å². The van der Waals surface area contributed by atoms with Gasteiger partial charge >= 0.3 is 0 Å². The normalized spacial score (nSPS) is 12.8. The zero-order valence-corrected chi connectivity index (χ0v) is 11.4. The highest BCUT2D eigenvalue weighted by molar-refractivity contribution is 7.90. The molecule has 100 valence electrons. The van der Waals surface area contributed by atoms with Gasteiger partial charge in [0.1, 0.15) is 5.52 Å². The summed E-state index contributed by atoms with van der Waals surface area (Å²) in [6.45, 7) is 1.44. The molecule has 0 amide bonds. The van der Waals surface area contributed by atoms with Crippen LogP contribution in [-0.2, 0) is 17.1 Å². The summed E-state index contributed by atoms with van der Waals surface area (Å²) in [4.78, 5) is 0. The van der Waals surface area contributed by atoms with E-state index in [0.29, 0.717) is 10.9 Å². The molecule has 0 unspecified atom stereocenters. The Kier molecular flexibility index (Phi) is 3.48. The second-order valence-electron chi connectivity index (χ2n) is 4.00. The van der Waals surface area contributed by atoms with Gasteiger partial charge < -0.3 is 5.11 Å². The zero-order valence-electron chi connectivity index (χ0n) is 10.6. The van der Waals surface area contributed by atoms with Crippen LogP contribution in [0.2, 0.25) is 0 Å². The molecule has 0 atom stereocenters. The topological polar surface area (TPSA) is 86.3 Å². The number of rotatable bonds is 3. The zero-order chi connectivity index (χ0) is 14.0. The maximum atomic E-state index is 12.0. The highest BCUT2D eigenvalue weighted by atomic mass is 32.2. The van der Waals surface area contributed by atoms with Gasteiger partial charge in [0.25, 0.3) is 10.0 Å². The molecule has 6 nitrogen and oxygen atoms in total. The first-order valence-electron chi connectivity index (χ1n) is 5.68. The van der Waals surface area contributed by atoms with Crippen molar-refractivity contribution in [2.24, 2.45) is 11.4 Å². The Balaban J connectivity index is 2.69. The fourth-order valence-corrected chi connectivity index (χ4v) is 2.13. The fraction of sp³-hybridized carbons (Fsp3) is 0.250. The van der Waals surface area contributed by atoms with Gasteiger partial charge in [-0.1, -0.05) is 22.9 Å². The van der Waals surface area contributed by atoms with Crippen LogP contribution in [-0.4, -0.2) is 25.2 Å². The number of sulfonamides is 1. The summed E-state index contributed by atoms with van der Waals surface area (Å²) in [7, 11) is -2.04. The van der Waals surface area contributed by atoms with Gasteiger partial charge in [0.2, 0.25) is 6.20 Å². The lowest BCUT2D eigenvalue weighted by Gasteiger charge is -2.10. The summed E-state index contributed by atoms with van der Waals surface area (Å²) < 4.78 is 27.5. The number of aryl methyl sites for hydroxylation is 1. The van der Waals surface area contributed by atoms with E-state index in [9.17, 15) is 13.5 Å². The van der Waals surface area contributed by atoms with Gasteiger partial charge in [-0.2, -0.15) is 4.40 Å². The molecular formula is C12H13N3O3S. The van der Waals surface area contributed by atoms with E-state index in [1.807, 2.05) is 0 Å². The first-order valence-corrected chi connectivity index (χ1v) is 7.29. The summed E-state index contributed by atoms with van der Waals surface area (Å²) in [5, 5.41) is 16.8. The van der Waals surface area contributed by atoms with E-state index in [4.69, 9.17) is 0 Å². The molecular weight excluding hydrogens is 266 g/mol. The highest BCUT2D eigenvalue weighted by Crippen LogP contribution is 2.14. The quantitative estimate of drug-likeness (QED) is 0.431. The maximum Gasteiger partial charge on any atom is 0.252 e. The SMILES string of the molecule is CCS(=O)(=O)/N=C(\[O-])c1c[n+](C)nc2ccccc12. The van der Waals surface area contributed by atoms with E-state index in [0.717, 1.165) is 0 Å². The predicted octanol–water partition coefficient (Wildman–Crippen LogP) is -0.484. The fourth-order valence-electron chi connectivity index (χ4n) is 1.65. The third kappa shape index (κ3) is 2.87. The molecule has 1 aromatic heterocycles. The summed E-state index contributed by atoms with van der Waals surface area (Å²) in [6, 6.07) is 7.02. The Morgan fingerprint density at radius 3 is 2.79 bits per heavy atom. The van der Waals surface area contributed by atoms with E-state index >= 15 is 0 Å². The number of aromatic nitrogens is 2. The van der Waals surface area contributed by atoms with Crippen LogP contribution in [0.1, 0.15) is 12.5 Å². The molecule has 1 heterocycles. The van der Waals surface area contributed by atoms with Crippen molar-refractivity contribution in [1.82, 2.24) is 5.10 Å². The molecule has 0 aliphatic heterocycles. The Labute approximate surface area is 111 Å². The van der Waals surface area contributed by atoms with Gasteiger partial charge in [0.05, 0.1) is 11.3 Å². The Hall–Kier alpha value is -2.02. The number of benzene rings is 1. The minimum Gasteiger partial charge on any atom is -0.857 e. The second-order valence-corrected chi connectivity index (χ2v) is 5.92. The largest absolute Gasteiger partial charge is 0.857 e. The van der Waals surface area contributed by atoms with Crippen LogP contribution < -0.4 is 9.79 Å². The molecule has 0 saturated carbocycles. The molecule has 7 heteroatoms. The third-order valence-corrected chi connectivity index (χ3v) is 3.77. The smallest absolute Gasteiger partial charge is 0.252 e. The number of fused-ring (bicyclic) bond motifs is 1. The standard InChI is InChI=1S/C12H13N3O3S/c1-3-19(17,18)14-12(16)10-8-15(2)13-11-7-5-4-6-9(10)11/h4-8H,3H2,1-2H3. The van der Waals surface area contributed by atoms with Gasteiger partial charge in [-0.05, 0) is 18.1 Å². The molecule has 2 rings (SSSR count). The first-order chi connectivity index (χ1) is 8.93. The van der Waals surface area contributed by atoms with E-state index in [1.165, 1.54) is 17.8 Å². The van der Waals surface area contributed by atoms with Crippen molar-refractivity contribution in [1.29, 1.82) is 0 Å². The van der Waals surface area contributed by atoms with Gasteiger partial charge in [-0.3, -0.25) is 0 Å². The summed E-state index contributed by atoms with van der Waals surface area (Å²) in [6.07, 6.45) is 1.47. The van der Waals surface area contributed by atoms with E-state index in [1.54, 1.807) is 31.3 Å². The van der Waals surface area contributed by atoms with Crippen LogP contribution >= 0.6 is 0 Å². The van der Waals surface area contributed by atoms with E-state index in [2.05, 4.69) is 9.50 Å². The molecule has 0 fully saturated rings. The van der Waals surface area contributed by atoms with Crippen LogP contribution in [0.25, 0.3) is 10.9 Å². The van der Waals surface area contributed by atoms with Gasteiger partial charge in [-0.15, -0.1) is 0 Å². The van der Waals surface area contributed by atoms with E-state index < -0.39 is 15.9 Å². The summed E-state index contributed by atoms with van der Waals surface area (Å²) in [5.41, 5.74) is 0.838. The summed E-state index contributed by atoms with van der Waals surface area (Å²) in [5.74, 6) is -0.968. The average Bonchev–Trinajstić information content (AvgIpc) is 2.37. The third-order valence-electron chi connectivity index (χ3n) is 2.59. The van der Waals surface area contributed by atoms with Gasteiger partial charge in [0.15, 0.2) is 7.05 Å². The molecule has 0 bridgehead atoms. The van der Waals surface area contributed by atoms with Crippen LogP contribution in [0.5, 0.6) is 0 Å². The monoisotopic (exact) mass is 279 g/mol. The lowest BCUT2D eigenvalue weighted by Crippen LogP contribution is -2.35. The second kappa shape index (κ2) is 4.93. The Bertz CT molecular complexity index is 754. The number of hydrogen-bond donors (Lipinski definition) is 0. The lowest BCUT2D eigenvalue weighted by atomic mass is 10.1. The van der Waals surface area contributed by atoms with Crippen molar-refractivity contribution in [3.05, 3.63) is 36.0 Å². The molecule has 0 aliphatic carbocycles. The van der Waals surface area contributed by atoms with Crippen molar-refractivity contribution >= 4 is 26.8 Å². The Morgan fingerprint density at radius 2 is 2.11 bits per heavy atom. The predicted molar refractivity (Wildman–Crippen MR) is 68.9 cm³/mol. The van der Waals surface area contributed by atoms with Crippen LogP contribution in [0.15, 0.2) is 34.9 Å². The molecule has 19 heavy (non-hydrogen) atoms. The molecule has 0 radical (unpaired) electrons. The molecule has 1 aromatic carbocycles. The molecule has 2 aromatic rings. The summed E-state index contributed by atoms with van der Waals surface area (Å²) >= 11 is 0. The van der Waals surface area contributed by atoms with Crippen LogP contribution in [0, 0.1) is 0 Å². The highest BCUT2D eigenvalue weighted by Gasteiger charge is 2.11. The van der Waals surface area contributed by atoms with Gasteiger partial charge in [-0.25, -0.2) is 8.42 Å². The molecule has 0 N–H and O–H groups in total. The average molecular weight is 279 g/mol. The number of nitrogens with zero attached hydrogens (tertiary/aromatic N) is 3. The first kappa shape index (κ1) is 13.4. The molecule has 0 spiro atoms. The van der Waals surface area contributed by atoms with Crippen LogP contribution in [0.3, 0.4) is 0 Å². The van der Waals surface area contributed by atoms with Crippen molar-refractivity contribution in [3.63, 3.8) is 0 Å². The minimum absolute atomic E-state index is 0.201. The van der Waals surface area contributed by atoms with Crippen molar-refractivity contribution < 1.29 is 18.2 Å². The number of hydrogen-bond acceptors (Lipinski definition) is 4. The van der Waals surface area contributed by atoms with Gasteiger partial charge in [0, 0.05) is 11.3 Å². The minimum atomic E-state index is -3.70.